The van der Waals surface area contributed by atoms with E-state index in [2.05, 4.69) is 20.9 Å². The first-order valence-corrected chi connectivity index (χ1v) is 9.07. The SMILES string of the molecule is Cc1nc(Cl)sc1S(=O)(=O)N(C)Cc1cccc(Br)c1. The van der Waals surface area contributed by atoms with Crippen LogP contribution in [0.3, 0.4) is 0 Å². The number of hydrogen-bond donors (Lipinski definition) is 0. The van der Waals surface area contributed by atoms with Crippen molar-refractivity contribution in [3.63, 3.8) is 0 Å². The Morgan fingerprint density at radius 3 is 2.70 bits per heavy atom. The van der Waals surface area contributed by atoms with Crippen LogP contribution in [-0.4, -0.2) is 24.8 Å². The molecule has 0 amide bonds. The molecule has 4 nitrogen and oxygen atoms in total. The molecule has 8 heteroatoms. The van der Waals surface area contributed by atoms with Gasteiger partial charge >= 0.3 is 0 Å². The number of aromatic nitrogens is 1. The zero-order valence-corrected chi connectivity index (χ0v) is 14.8. The van der Waals surface area contributed by atoms with E-state index in [1.54, 1.807) is 14.0 Å². The van der Waals surface area contributed by atoms with Crippen molar-refractivity contribution in [2.45, 2.75) is 17.7 Å². The van der Waals surface area contributed by atoms with E-state index < -0.39 is 10.0 Å². The number of benzene rings is 1. The highest BCUT2D eigenvalue weighted by molar-refractivity contribution is 9.10. The molecule has 2 aromatic rings. The number of nitrogens with zero attached hydrogens (tertiary/aromatic N) is 2. The summed E-state index contributed by atoms with van der Waals surface area (Å²) in [6.45, 7) is 1.93. The Bertz CT molecular complexity index is 731. The summed E-state index contributed by atoms with van der Waals surface area (Å²) < 4.78 is 27.6. The first-order chi connectivity index (χ1) is 9.30. The van der Waals surface area contributed by atoms with Crippen LogP contribution in [0.4, 0.5) is 0 Å². The Balaban J connectivity index is 2.28. The van der Waals surface area contributed by atoms with E-state index in [0.717, 1.165) is 21.4 Å². The lowest BCUT2D eigenvalue weighted by molar-refractivity contribution is 0.468. The second kappa shape index (κ2) is 6.11. The molecular formula is C12H12BrClN2O2S2. The average Bonchev–Trinajstić information content (AvgIpc) is 2.69. The van der Waals surface area contributed by atoms with Crippen molar-refractivity contribution >= 4 is 48.9 Å². The number of hydrogen-bond acceptors (Lipinski definition) is 4. The zero-order chi connectivity index (χ0) is 14.9. The lowest BCUT2D eigenvalue weighted by atomic mass is 10.2. The Kier molecular flexibility index (Phi) is 4.86. The number of aryl methyl sites for hydroxylation is 1. The molecule has 0 fully saturated rings. The molecule has 0 aliphatic heterocycles. The monoisotopic (exact) mass is 394 g/mol. The molecule has 0 aliphatic carbocycles. The molecule has 1 heterocycles. The van der Waals surface area contributed by atoms with Gasteiger partial charge in [-0.1, -0.05) is 51.0 Å². The predicted octanol–water partition coefficient (Wildman–Crippen LogP) is 3.69. The topological polar surface area (TPSA) is 50.3 Å². The van der Waals surface area contributed by atoms with Crippen LogP contribution in [0.5, 0.6) is 0 Å². The largest absolute Gasteiger partial charge is 0.254 e. The summed E-state index contributed by atoms with van der Waals surface area (Å²) in [4.78, 5) is 3.95. The fourth-order valence-corrected chi connectivity index (χ4v) is 5.24. The fourth-order valence-electron chi connectivity index (χ4n) is 1.71. The highest BCUT2D eigenvalue weighted by Crippen LogP contribution is 2.29. The van der Waals surface area contributed by atoms with Crippen LogP contribution < -0.4 is 0 Å². The second-order valence-corrected chi connectivity index (χ2v) is 8.97. The predicted molar refractivity (Wildman–Crippen MR) is 84.7 cm³/mol. The van der Waals surface area contributed by atoms with E-state index in [1.807, 2.05) is 24.3 Å². The Morgan fingerprint density at radius 1 is 1.45 bits per heavy atom. The van der Waals surface area contributed by atoms with Crippen LogP contribution in [0.15, 0.2) is 32.9 Å². The van der Waals surface area contributed by atoms with Crippen LogP contribution in [0.2, 0.25) is 4.47 Å². The van der Waals surface area contributed by atoms with Crippen molar-refractivity contribution < 1.29 is 8.42 Å². The molecule has 0 bridgehead atoms. The summed E-state index contributed by atoms with van der Waals surface area (Å²) >= 11 is 10.1. The summed E-state index contributed by atoms with van der Waals surface area (Å²) in [6, 6.07) is 7.53. The number of rotatable bonds is 4. The number of thiazole rings is 1. The maximum absolute atomic E-state index is 12.5. The van der Waals surface area contributed by atoms with Crippen molar-refractivity contribution in [1.29, 1.82) is 0 Å². The third-order valence-electron chi connectivity index (χ3n) is 2.67. The molecule has 0 atom stereocenters. The van der Waals surface area contributed by atoms with Gasteiger partial charge in [-0.15, -0.1) is 0 Å². The van der Waals surface area contributed by atoms with Gasteiger partial charge in [0.05, 0.1) is 5.69 Å². The minimum Gasteiger partial charge on any atom is -0.229 e. The third kappa shape index (κ3) is 3.40. The lowest BCUT2D eigenvalue weighted by Gasteiger charge is -2.16. The van der Waals surface area contributed by atoms with E-state index in [1.165, 1.54) is 4.31 Å². The first kappa shape index (κ1) is 15.9. The van der Waals surface area contributed by atoms with E-state index in [9.17, 15) is 8.42 Å². The molecule has 2 rings (SSSR count). The minimum absolute atomic E-state index is 0.194. The summed E-state index contributed by atoms with van der Waals surface area (Å²) in [7, 11) is -2.03. The highest BCUT2D eigenvalue weighted by atomic mass is 79.9. The average molecular weight is 396 g/mol. The standard InChI is InChI=1S/C12H12BrClN2O2S2/c1-8-11(19-12(14)15-8)20(17,18)16(2)7-9-4-3-5-10(13)6-9/h3-6H,7H2,1-2H3. The van der Waals surface area contributed by atoms with Crippen LogP contribution in [0.1, 0.15) is 11.3 Å². The minimum atomic E-state index is -3.57. The van der Waals surface area contributed by atoms with Crippen LogP contribution in [-0.2, 0) is 16.6 Å². The summed E-state index contributed by atoms with van der Waals surface area (Å²) in [5.74, 6) is 0. The summed E-state index contributed by atoms with van der Waals surface area (Å²) in [5.41, 5.74) is 1.33. The van der Waals surface area contributed by atoms with E-state index in [0.29, 0.717) is 5.69 Å². The van der Waals surface area contributed by atoms with Crippen molar-refractivity contribution in [1.82, 2.24) is 9.29 Å². The van der Waals surface area contributed by atoms with Gasteiger partial charge in [0.15, 0.2) is 8.68 Å². The molecule has 0 N–H and O–H groups in total. The van der Waals surface area contributed by atoms with Gasteiger partial charge in [-0.3, -0.25) is 0 Å². The van der Waals surface area contributed by atoms with Crippen LogP contribution >= 0.6 is 38.9 Å². The Labute approximate surface area is 135 Å². The third-order valence-corrected chi connectivity index (χ3v) is 6.81. The fraction of sp³-hybridized carbons (Fsp3) is 0.250. The molecule has 0 unspecified atom stereocenters. The summed E-state index contributed by atoms with van der Waals surface area (Å²) in [6.07, 6.45) is 0. The molecule has 0 spiro atoms. The molecule has 20 heavy (non-hydrogen) atoms. The zero-order valence-electron chi connectivity index (χ0n) is 10.8. The van der Waals surface area contributed by atoms with Gasteiger partial charge in [0, 0.05) is 18.1 Å². The van der Waals surface area contributed by atoms with Gasteiger partial charge in [-0.2, -0.15) is 4.31 Å². The first-order valence-electron chi connectivity index (χ1n) is 5.64. The maximum Gasteiger partial charge on any atom is 0.254 e. The van der Waals surface area contributed by atoms with E-state index in [-0.39, 0.29) is 15.2 Å². The molecule has 1 aromatic carbocycles. The van der Waals surface area contributed by atoms with Gasteiger partial charge < -0.3 is 0 Å². The summed E-state index contributed by atoms with van der Waals surface area (Å²) in [5, 5.41) is 0. The van der Waals surface area contributed by atoms with Crippen LogP contribution in [0.25, 0.3) is 0 Å². The van der Waals surface area contributed by atoms with Crippen molar-refractivity contribution in [2.75, 3.05) is 7.05 Å². The molecule has 0 saturated carbocycles. The smallest absolute Gasteiger partial charge is 0.229 e. The quantitative estimate of drug-likeness (QED) is 0.793. The lowest BCUT2D eigenvalue weighted by Crippen LogP contribution is -2.26. The Hall–Kier alpha value is -0.470. The van der Waals surface area contributed by atoms with E-state index >= 15 is 0 Å². The highest BCUT2D eigenvalue weighted by Gasteiger charge is 2.26. The van der Waals surface area contributed by atoms with Crippen LogP contribution in [0, 0.1) is 6.92 Å². The van der Waals surface area contributed by atoms with Crippen molar-refractivity contribution in [3.05, 3.63) is 44.5 Å². The Morgan fingerprint density at radius 2 is 2.15 bits per heavy atom. The second-order valence-electron chi connectivity index (χ2n) is 4.23. The van der Waals surface area contributed by atoms with Crippen molar-refractivity contribution in [2.24, 2.45) is 0 Å². The number of halogens is 2. The van der Waals surface area contributed by atoms with Gasteiger partial charge in [0.25, 0.3) is 10.0 Å². The number of sulfonamides is 1. The maximum atomic E-state index is 12.5. The molecular weight excluding hydrogens is 384 g/mol. The molecule has 108 valence electrons. The van der Waals surface area contributed by atoms with E-state index in [4.69, 9.17) is 11.6 Å². The molecule has 0 radical (unpaired) electrons. The van der Waals surface area contributed by atoms with Gasteiger partial charge in [-0.25, -0.2) is 13.4 Å². The van der Waals surface area contributed by atoms with Gasteiger partial charge in [0.2, 0.25) is 0 Å². The van der Waals surface area contributed by atoms with Gasteiger partial charge in [-0.05, 0) is 24.6 Å². The molecule has 0 aliphatic rings. The van der Waals surface area contributed by atoms with Crippen molar-refractivity contribution in [3.8, 4) is 0 Å². The molecule has 0 saturated heterocycles. The van der Waals surface area contributed by atoms with Gasteiger partial charge in [0.1, 0.15) is 0 Å². The normalized spacial score (nSPS) is 12.1. The molecule has 1 aromatic heterocycles.